The van der Waals surface area contributed by atoms with Crippen LogP contribution in [0.25, 0.3) is 0 Å². The van der Waals surface area contributed by atoms with Crippen LogP contribution < -0.4 is 0 Å². The smallest absolute Gasteiger partial charge is 0.437 e. The van der Waals surface area contributed by atoms with Crippen LogP contribution in [0.2, 0.25) is 0 Å². The van der Waals surface area contributed by atoms with Crippen molar-refractivity contribution in [3.05, 3.63) is 17.0 Å². The first-order valence-corrected chi connectivity index (χ1v) is 3.10. The summed E-state index contributed by atoms with van der Waals surface area (Å²) < 4.78 is 40.0. The Morgan fingerprint density at radius 3 is 2.31 bits per heavy atom. The van der Waals surface area contributed by atoms with E-state index in [1.165, 1.54) is 0 Å². The van der Waals surface area contributed by atoms with Gasteiger partial charge in [0.15, 0.2) is 5.69 Å². The van der Waals surface area contributed by atoms with Crippen LogP contribution in [-0.4, -0.2) is 16.2 Å². The third kappa shape index (κ3) is 1.63. The molecule has 1 rings (SSSR count). The lowest BCUT2D eigenvalue weighted by molar-refractivity contribution is -0.143. The molecule has 7 heteroatoms. The molecule has 0 spiro atoms. The summed E-state index contributed by atoms with van der Waals surface area (Å²) in [6, 6.07) is 0. The molecule has 0 aliphatic carbocycles. The second-order valence-electron chi connectivity index (χ2n) is 2.29. The van der Waals surface area contributed by atoms with E-state index in [2.05, 4.69) is 9.68 Å². The van der Waals surface area contributed by atoms with Gasteiger partial charge in [-0.2, -0.15) is 13.2 Å². The van der Waals surface area contributed by atoms with Crippen molar-refractivity contribution in [1.82, 2.24) is 5.16 Å². The number of carbonyl (C=O) groups is 1. The van der Waals surface area contributed by atoms with Crippen molar-refractivity contribution >= 4 is 5.97 Å². The highest BCUT2D eigenvalue weighted by molar-refractivity contribution is 5.86. The second kappa shape index (κ2) is 2.75. The number of halogens is 3. The summed E-state index contributed by atoms with van der Waals surface area (Å²) in [6.45, 7) is 0.989. The molecule has 1 heterocycles. The molecule has 0 saturated heterocycles. The van der Waals surface area contributed by atoms with Gasteiger partial charge in [0.1, 0.15) is 0 Å². The Bertz CT molecular complexity index is 341. The van der Waals surface area contributed by atoms with Crippen molar-refractivity contribution in [3.63, 3.8) is 0 Å². The van der Waals surface area contributed by atoms with Gasteiger partial charge in [0.25, 0.3) is 0 Å². The van der Waals surface area contributed by atoms with E-state index in [1.54, 1.807) is 0 Å². The minimum Gasteiger partial charge on any atom is -0.475 e. The molecular formula is C6H4F3NO3. The van der Waals surface area contributed by atoms with E-state index in [0.717, 1.165) is 6.92 Å². The zero-order valence-corrected chi connectivity index (χ0v) is 6.34. The van der Waals surface area contributed by atoms with Gasteiger partial charge >= 0.3 is 12.1 Å². The van der Waals surface area contributed by atoms with Crippen molar-refractivity contribution in [2.75, 3.05) is 0 Å². The highest BCUT2D eigenvalue weighted by Gasteiger charge is 2.38. The van der Waals surface area contributed by atoms with Gasteiger partial charge in [-0.15, -0.1) is 0 Å². The molecule has 0 amide bonds. The molecule has 1 aromatic heterocycles. The number of hydrogen-bond acceptors (Lipinski definition) is 3. The molecule has 0 atom stereocenters. The summed E-state index contributed by atoms with van der Waals surface area (Å²) in [5, 5.41) is 11.0. The first-order chi connectivity index (χ1) is 5.84. The van der Waals surface area contributed by atoms with Crippen LogP contribution in [0.3, 0.4) is 0 Å². The van der Waals surface area contributed by atoms with Gasteiger partial charge < -0.3 is 9.63 Å². The maximum atomic E-state index is 12.0. The van der Waals surface area contributed by atoms with Crippen molar-refractivity contribution < 1.29 is 27.6 Å². The third-order valence-corrected chi connectivity index (χ3v) is 1.39. The largest absolute Gasteiger partial charge is 0.475 e. The van der Waals surface area contributed by atoms with E-state index in [-0.39, 0.29) is 0 Å². The highest BCUT2D eigenvalue weighted by Crippen LogP contribution is 2.31. The number of alkyl halides is 3. The zero-order chi connectivity index (χ0) is 10.2. The number of rotatable bonds is 1. The number of aromatic carboxylic acids is 1. The number of nitrogens with zero attached hydrogens (tertiary/aromatic N) is 1. The normalized spacial score (nSPS) is 11.7. The Hall–Kier alpha value is -1.53. The number of hydrogen-bond donors (Lipinski definition) is 1. The van der Waals surface area contributed by atoms with Crippen molar-refractivity contribution in [2.45, 2.75) is 13.1 Å². The van der Waals surface area contributed by atoms with Crippen LogP contribution in [0.5, 0.6) is 0 Å². The lowest BCUT2D eigenvalue weighted by atomic mass is 10.2. The second-order valence-corrected chi connectivity index (χ2v) is 2.29. The van der Waals surface area contributed by atoms with E-state index < -0.39 is 29.2 Å². The maximum Gasteiger partial charge on any atom is 0.437 e. The SMILES string of the molecule is Cc1c(C(F)(F)F)noc1C(=O)O. The van der Waals surface area contributed by atoms with Gasteiger partial charge in [-0.3, -0.25) is 0 Å². The van der Waals surface area contributed by atoms with E-state index in [9.17, 15) is 18.0 Å². The molecule has 0 aliphatic heterocycles. The summed E-state index contributed by atoms with van der Waals surface area (Å²) in [4.78, 5) is 10.3. The Labute approximate surface area is 69.9 Å². The van der Waals surface area contributed by atoms with Crippen LogP contribution in [-0.2, 0) is 6.18 Å². The Morgan fingerprint density at radius 2 is 2.08 bits per heavy atom. The molecule has 0 aliphatic rings. The summed E-state index contributed by atoms with van der Waals surface area (Å²) in [5.74, 6) is -2.35. The fourth-order valence-electron chi connectivity index (χ4n) is 0.800. The molecule has 13 heavy (non-hydrogen) atoms. The molecule has 0 bridgehead atoms. The maximum absolute atomic E-state index is 12.0. The quantitative estimate of drug-likeness (QED) is 0.740. The van der Waals surface area contributed by atoms with E-state index >= 15 is 0 Å². The standard InChI is InChI=1S/C6H4F3NO3/c1-2-3(5(11)12)13-10-4(2)6(7,8)9/h1H3,(H,11,12). The van der Waals surface area contributed by atoms with Crippen molar-refractivity contribution in [3.8, 4) is 0 Å². The lowest BCUT2D eigenvalue weighted by Crippen LogP contribution is -2.08. The van der Waals surface area contributed by atoms with Crippen molar-refractivity contribution in [2.24, 2.45) is 0 Å². The van der Waals surface area contributed by atoms with Gasteiger partial charge in [-0.1, -0.05) is 5.16 Å². The monoisotopic (exact) mass is 195 g/mol. The van der Waals surface area contributed by atoms with Gasteiger partial charge in [0, 0.05) is 5.56 Å². The molecule has 1 aromatic rings. The summed E-state index contributed by atoms with van der Waals surface area (Å²) in [6.07, 6.45) is -4.68. The predicted molar refractivity (Wildman–Crippen MR) is 33.2 cm³/mol. The summed E-state index contributed by atoms with van der Waals surface area (Å²) >= 11 is 0. The summed E-state index contributed by atoms with van der Waals surface area (Å²) in [7, 11) is 0. The van der Waals surface area contributed by atoms with Crippen LogP contribution in [0, 0.1) is 6.92 Å². The highest BCUT2D eigenvalue weighted by atomic mass is 19.4. The fourth-order valence-corrected chi connectivity index (χ4v) is 0.800. The first-order valence-electron chi connectivity index (χ1n) is 3.10. The Balaban J connectivity index is 3.22. The fraction of sp³-hybridized carbons (Fsp3) is 0.333. The Morgan fingerprint density at radius 1 is 1.54 bits per heavy atom. The van der Waals surface area contributed by atoms with Crippen LogP contribution in [0.4, 0.5) is 13.2 Å². The molecule has 1 N–H and O–H groups in total. The van der Waals surface area contributed by atoms with Crippen LogP contribution in [0.1, 0.15) is 21.8 Å². The molecule has 0 aromatic carbocycles. The number of carboxylic acids is 1. The van der Waals surface area contributed by atoms with Crippen LogP contribution >= 0.6 is 0 Å². The number of carboxylic acid groups (broad SMARTS) is 1. The van der Waals surface area contributed by atoms with E-state index in [0.29, 0.717) is 0 Å². The van der Waals surface area contributed by atoms with Crippen molar-refractivity contribution in [1.29, 1.82) is 0 Å². The first kappa shape index (κ1) is 9.56. The van der Waals surface area contributed by atoms with E-state index in [4.69, 9.17) is 5.11 Å². The predicted octanol–water partition coefficient (Wildman–Crippen LogP) is 1.70. The topological polar surface area (TPSA) is 63.3 Å². The van der Waals surface area contributed by atoms with Gasteiger partial charge in [-0.25, -0.2) is 4.79 Å². The molecule has 0 unspecified atom stereocenters. The molecule has 0 fully saturated rings. The minimum absolute atomic E-state index is 0.514. The molecule has 0 saturated carbocycles. The average Bonchev–Trinajstić information content (AvgIpc) is 2.28. The molecular weight excluding hydrogens is 191 g/mol. The minimum atomic E-state index is -4.68. The van der Waals surface area contributed by atoms with Crippen LogP contribution in [0.15, 0.2) is 4.52 Å². The summed E-state index contributed by atoms with van der Waals surface area (Å²) in [5.41, 5.74) is -1.81. The zero-order valence-electron chi connectivity index (χ0n) is 6.34. The Kier molecular flexibility index (Phi) is 2.02. The average molecular weight is 195 g/mol. The molecule has 72 valence electrons. The lowest BCUT2D eigenvalue weighted by Gasteiger charge is -2.00. The van der Waals surface area contributed by atoms with Gasteiger partial charge in [0.2, 0.25) is 5.76 Å². The third-order valence-electron chi connectivity index (χ3n) is 1.39. The molecule has 4 nitrogen and oxygen atoms in total. The van der Waals surface area contributed by atoms with E-state index in [1.807, 2.05) is 0 Å². The van der Waals surface area contributed by atoms with Gasteiger partial charge in [0.05, 0.1) is 0 Å². The van der Waals surface area contributed by atoms with Gasteiger partial charge in [-0.05, 0) is 6.92 Å². The molecule has 0 radical (unpaired) electrons. The number of aromatic nitrogens is 1.